The van der Waals surface area contributed by atoms with E-state index >= 15 is 0 Å². The smallest absolute Gasteiger partial charge is 0.137 e. The van der Waals surface area contributed by atoms with Gasteiger partial charge in [-0.2, -0.15) is 0 Å². The largest absolute Gasteiger partial charge is 0.492 e. The van der Waals surface area contributed by atoms with Crippen LogP contribution in [0.5, 0.6) is 5.75 Å². The molecule has 0 fully saturated rings. The molecule has 1 atom stereocenters. The first-order valence-electron chi connectivity index (χ1n) is 9.12. The fraction of sp³-hybridized carbons (Fsp3) is 0.217. The highest BCUT2D eigenvalue weighted by molar-refractivity contribution is 6.35. The first kappa shape index (κ1) is 21.0. The summed E-state index contributed by atoms with van der Waals surface area (Å²) >= 11 is 18.6. The SMILES string of the molecule is OCC(CCCOc1ccc(-c2ccccc2)cc1Cl)c1ccc(Cl)cc1Cl. The summed E-state index contributed by atoms with van der Waals surface area (Å²) in [4.78, 5) is 0. The molecule has 3 aromatic rings. The van der Waals surface area contributed by atoms with Gasteiger partial charge in [0.05, 0.1) is 11.6 Å². The van der Waals surface area contributed by atoms with Crippen molar-refractivity contribution in [2.24, 2.45) is 0 Å². The van der Waals surface area contributed by atoms with Crippen LogP contribution in [0.4, 0.5) is 0 Å². The first-order valence-corrected chi connectivity index (χ1v) is 10.3. The second-order valence-electron chi connectivity index (χ2n) is 6.55. The molecule has 2 nitrogen and oxygen atoms in total. The van der Waals surface area contributed by atoms with Gasteiger partial charge in [0.2, 0.25) is 0 Å². The van der Waals surface area contributed by atoms with Crippen LogP contribution < -0.4 is 4.74 Å². The van der Waals surface area contributed by atoms with Crippen LogP contribution in [-0.4, -0.2) is 18.3 Å². The highest BCUT2D eigenvalue weighted by Gasteiger charge is 2.14. The number of hydrogen-bond donors (Lipinski definition) is 1. The van der Waals surface area contributed by atoms with Gasteiger partial charge >= 0.3 is 0 Å². The van der Waals surface area contributed by atoms with E-state index in [0.29, 0.717) is 27.4 Å². The van der Waals surface area contributed by atoms with Gasteiger partial charge in [0.15, 0.2) is 0 Å². The van der Waals surface area contributed by atoms with E-state index in [1.54, 1.807) is 12.1 Å². The summed E-state index contributed by atoms with van der Waals surface area (Å²) < 4.78 is 5.84. The Morgan fingerprint density at radius 3 is 2.29 bits per heavy atom. The molecule has 0 aliphatic rings. The Balaban J connectivity index is 1.56. The minimum Gasteiger partial charge on any atom is -0.492 e. The van der Waals surface area contributed by atoms with Crippen molar-refractivity contribution in [3.63, 3.8) is 0 Å². The number of halogens is 3. The quantitative estimate of drug-likeness (QED) is 0.378. The van der Waals surface area contributed by atoms with Crippen molar-refractivity contribution in [1.29, 1.82) is 0 Å². The van der Waals surface area contributed by atoms with Crippen molar-refractivity contribution in [1.82, 2.24) is 0 Å². The Labute approximate surface area is 180 Å². The Kier molecular flexibility index (Phi) is 7.64. The van der Waals surface area contributed by atoms with Crippen molar-refractivity contribution in [3.8, 4) is 16.9 Å². The Hall–Kier alpha value is -1.71. The zero-order chi connectivity index (χ0) is 19.9. The average Bonchev–Trinajstić information content (AvgIpc) is 2.70. The van der Waals surface area contributed by atoms with E-state index in [1.165, 1.54) is 0 Å². The maximum absolute atomic E-state index is 9.72. The van der Waals surface area contributed by atoms with Crippen molar-refractivity contribution in [2.75, 3.05) is 13.2 Å². The van der Waals surface area contributed by atoms with E-state index in [1.807, 2.05) is 54.6 Å². The van der Waals surface area contributed by atoms with Gasteiger partial charge in [-0.1, -0.05) is 77.3 Å². The van der Waals surface area contributed by atoms with Gasteiger partial charge in [-0.3, -0.25) is 0 Å². The first-order chi connectivity index (χ1) is 13.6. The second kappa shape index (κ2) is 10.2. The van der Waals surface area contributed by atoms with Crippen LogP contribution >= 0.6 is 34.8 Å². The maximum atomic E-state index is 9.72. The van der Waals surface area contributed by atoms with Crippen LogP contribution in [0.1, 0.15) is 24.3 Å². The van der Waals surface area contributed by atoms with Crippen LogP contribution in [0, 0.1) is 0 Å². The van der Waals surface area contributed by atoms with Gasteiger partial charge in [0.25, 0.3) is 0 Å². The summed E-state index contributed by atoms with van der Waals surface area (Å²) in [7, 11) is 0. The average molecular weight is 436 g/mol. The van der Waals surface area contributed by atoms with E-state index in [4.69, 9.17) is 39.5 Å². The lowest BCUT2D eigenvalue weighted by atomic mass is 9.95. The van der Waals surface area contributed by atoms with Gasteiger partial charge in [-0.25, -0.2) is 0 Å². The highest BCUT2D eigenvalue weighted by atomic mass is 35.5. The van der Waals surface area contributed by atoms with Crippen LogP contribution in [0.2, 0.25) is 15.1 Å². The third-order valence-electron chi connectivity index (χ3n) is 4.62. The third-order valence-corrected chi connectivity index (χ3v) is 5.47. The van der Waals surface area contributed by atoms with Crippen LogP contribution in [0.3, 0.4) is 0 Å². The van der Waals surface area contributed by atoms with Gasteiger partial charge < -0.3 is 9.84 Å². The van der Waals surface area contributed by atoms with E-state index < -0.39 is 0 Å². The summed E-state index contributed by atoms with van der Waals surface area (Å²) in [5, 5.41) is 11.5. The molecule has 0 saturated carbocycles. The van der Waals surface area contributed by atoms with Crippen molar-refractivity contribution >= 4 is 34.8 Å². The topological polar surface area (TPSA) is 29.5 Å². The zero-order valence-electron chi connectivity index (χ0n) is 15.2. The molecule has 0 amide bonds. The molecule has 3 rings (SSSR count). The zero-order valence-corrected chi connectivity index (χ0v) is 17.5. The fourth-order valence-corrected chi connectivity index (χ4v) is 3.92. The van der Waals surface area contributed by atoms with Gasteiger partial charge in [0, 0.05) is 22.6 Å². The molecule has 0 radical (unpaired) electrons. The lowest BCUT2D eigenvalue weighted by Gasteiger charge is -2.17. The van der Waals surface area contributed by atoms with E-state index in [0.717, 1.165) is 29.5 Å². The number of hydrogen-bond acceptors (Lipinski definition) is 2. The summed E-state index contributed by atoms with van der Waals surface area (Å²) in [6.07, 6.45) is 1.51. The molecule has 3 aromatic carbocycles. The summed E-state index contributed by atoms with van der Waals surface area (Å²) in [6.45, 7) is 0.528. The molecular formula is C23H21Cl3O2. The standard InChI is InChI=1S/C23H21Cl3O2/c24-19-9-10-20(21(25)14-19)18(15-27)7-4-12-28-23-11-8-17(13-22(23)26)16-5-2-1-3-6-16/h1-3,5-6,8-11,13-14,18,27H,4,7,12,15H2. The molecule has 0 aliphatic heterocycles. The number of rotatable bonds is 8. The lowest BCUT2D eigenvalue weighted by molar-refractivity contribution is 0.243. The lowest BCUT2D eigenvalue weighted by Crippen LogP contribution is -2.08. The number of benzene rings is 3. The molecule has 0 aliphatic carbocycles. The van der Waals surface area contributed by atoms with E-state index in [9.17, 15) is 5.11 Å². The summed E-state index contributed by atoms with van der Waals surface area (Å²) in [5.74, 6) is 0.607. The third kappa shape index (κ3) is 5.42. The Bertz CT molecular complexity index is 913. The summed E-state index contributed by atoms with van der Waals surface area (Å²) in [5.41, 5.74) is 3.07. The van der Waals surface area contributed by atoms with Crippen molar-refractivity contribution < 1.29 is 9.84 Å². The Morgan fingerprint density at radius 1 is 0.821 bits per heavy atom. The van der Waals surface area contributed by atoms with Crippen LogP contribution in [-0.2, 0) is 0 Å². The van der Waals surface area contributed by atoms with Crippen LogP contribution in [0.15, 0.2) is 66.7 Å². The number of ether oxygens (including phenoxy) is 1. The molecule has 0 spiro atoms. The molecule has 0 bridgehead atoms. The predicted octanol–water partition coefficient (Wildman–Crippen LogP) is 7.25. The van der Waals surface area contributed by atoms with Gasteiger partial charge in [-0.05, 0) is 53.8 Å². The molecule has 146 valence electrons. The second-order valence-corrected chi connectivity index (χ2v) is 7.80. The molecule has 1 N–H and O–H groups in total. The molecular weight excluding hydrogens is 415 g/mol. The molecule has 0 heterocycles. The molecule has 1 unspecified atom stereocenters. The van der Waals surface area contributed by atoms with Crippen molar-refractivity contribution in [2.45, 2.75) is 18.8 Å². The normalized spacial score (nSPS) is 12.0. The molecule has 5 heteroatoms. The Morgan fingerprint density at radius 2 is 1.61 bits per heavy atom. The fourth-order valence-electron chi connectivity index (χ4n) is 3.12. The highest BCUT2D eigenvalue weighted by Crippen LogP contribution is 2.32. The van der Waals surface area contributed by atoms with E-state index in [-0.39, 0.29) is 12.5 Å². The summed E-state index contributed by atoms with van der Waals surface area (Å²) in [6, 6.07) is 21.2. The number of aliphatic hydroxyl groups excluding tert-OH is 1. The number of aliphatic hydroxyl groups is 1. The maximum Gasteiger partial charge on any atom is 0.137 e. The van der Waals surface area contributed by atoms with E-state index in [2.05, 4.69) is 0 Å². The molecule has 28 heavy (non-hydrogen) atoms. The minimum absolute atomic E-state index is 0.0217. The molecule has 0 aromatic heterocycles. The van der Waals surface area contributed by atoms with Gasteiger partial charge in [0.1, 0.15) is 5.75 Å². The monoisotopic (exact) mass is 434 g/mol. The molecule has 0 saturated heterocycles. The van der Waals surface area contributed by atoms with Crippen molar-refractivity contribution in [3.05, 3.63) is 87.4 Å². The van der Waals surface area contributed by atoms with Crippen LogP contribution in [0.25, 0.3) is 11.1 Å². The minimum atomic E-state index is -0.0516. The van der Waals surface area contributed by atoms with Gasteiger partial charge in [-0.15, -0.1) is 0 Å². The predicted molar refractivity (Wildman–Crippen MR) is 118 cm³/mol.